The van der Waals surface area contributed by atoms with Gasteiger partial charge in [0.25, 0.3) is 5.56 Å². The number of carbonyl (C=O) groups excluding carboxylic acids is 1. The fourth-order valence-electron chi connectivity index (χ4n) is 4.82. The summed E-state index contributed by atoms with van der Waals surface area (Å²) in [6.07, 6.45) is 4.05. The summed E-state index contributed by atoms with van der Waals surface area (Å²) >= 11 is 0. The Bertz CT molecular complexity index is 1440. The van der Waals surface area contributed by atoms with Gasteiger partial charge in [-0.05, 0) is 55.7 Å². The Labute approximate surface area is 214 Å². The number of likely N-dealkylation sites (tertiary alicyclic amines) is 1. The summed E-state index contributed by atoms with van der Waals surface area (Å²) in [5.74, 6) is 0.748. The summed E-state index contributed by atoms with van der Waals surface area (Å²) in [6.45, 7) is 2.88. The third-order valence-corrected chi connectivity index (χ3v) is 7.11. The van der Waals surface area contributed by atoms with Crippen LogP contribution >= 0.6 is 0 Å². The van der Waals surface area contributed by atoms with Crippen molar-refractivity contribution in [1.29, 1.82) is 0 Å². The summed E-state index contributed by atoms with van der Waals surface area (Å²) in [5, 5.41) is 14.8. The predicted octanol–water partition coefficient (Wildman–Crippen LogP) is 3.49. The number of fused-ring (bicyclic) bond motifs is 1. The second kappa shape index (κ2) is 10.1. The van der Waals surface area contributed by atoms with Crippen molar-refractivity contribution in [3.63, 3.8) is 0 Å². The lowest BCUT2D eigenvalue weighted by Crippen LogP contribution is -2.52. The van der Waals surface area contributed by atoms with Gasteiger partial charge in [0.15, 0.2) is 5.65 Å². The van der Waals surface area contributed by atoms with Crippen molar-refractivity contribution in [3.05, 3.63) is 89.1 Å². The van der Waals surface area contributed by atoms with E-state index in [1.54, 1.807) is 18.1 Å². The first-order chi connectivity index (χ1) is 17.9. The first-order valence-corrected chi connectivity index (χ1v) is 12.4. The Morgan fingerprint density at radius 3 is 2.49 bits per heavy atom. The number of nitrogens with zero attached hydrogens (tertiary/aromatic N) is 4. The van der Waals surface area contributed by atoms with Gasteiger partial charge in [-0.15, -0.1) is 0 Å². The molecule has 9 nitrogen and oxygen atoms in total. The van der Waals surface area contributed by atoms with Crippen molar-refractivity contribution in [1.82, 2.24) is 24.3 Å². The van der Waals surface area contributed by atoms with E-state index in [2.05, 4.69) is 10.3 Å². The quantitative estimate of drug-likeness (QED) is 0.421. The largest absolute Gasteiger partial charge is 0.497 e. The summed E-state index contributed by atoms with van der Waals surface area (Å²) in [6, 6.07) is 18.8. The van der Waals surface area contributed by atoms with Gasteiger partial charge in [-0.3, -0.25) is 9.36 Å². The molecule has 0 radical (unpaired) electrons. The predicted molar refractivity (Wildman–Crippen MR) is 141 cm³/mol. The highest BCUT2D eigenvalue weighted by molar-refractivity contribution is 5.77. The maximum atomic E-state index is 13.2. The van der Waals surface area contributed by atoms with Gasteiger partial charge in [-0.25, -0.2) is 9.78 Å². The lowest BCUT2D eigenvalue weighted by atomic mass is 9.91. The summed E-state index contributed by atoms with van der Waals surface area (Å²) < 4.78 is 8.53. The number of piperidine rings is 1. The highest BCUT2D eigenvalue weighted by Gasteiger charge is 2.35. The minimum atomic E-state index is -1.10. The van der Waals surface area contributed by atoms with Crippen LogP contribution in [0.15, 0.2) is 78.0 Å². The maximum absolute atomic E-state index is 13.2. The Balaban J connectivity index is 1.25. The van der Waals surface area contributed by atoms with E-state index in [-0.39, 0.29) is 24.2 Å². The number of hydrogen-bond donors (Lipinski definition) is 2. The summed E-state index contributed by atoms with van der Waals surface area (Å²) in [5.41, 5.74) is 1.15. The highest BCUT2D eigenvalue weighted by Crippen LogP contribution is 2.25. The fraction of sp³-hybridized carbons (Fsp3) is 0.321. The van der Waals surface area contributed by atoms with Crippen molar-refractivity contribution in [2.24, 2.45) is 0 Å². The zero-order valence-electron chi connectivity index (χ0n) is 21.0. The van der Waals surface area contributed by atoms with Crippen LogP contribution in [0.3, 0.4) is 0 Å². The van der Waals surface area contributed by atoms with Gasteiger partial charge >= 0.3 is 6.03 Å². The van der Waals surface area contributed by atoms with Crippen LogP contribution < -0.4 is 15.6 Å². The molecule has 2 N–H and O–H groups in total. The van der Waals surface area contributed by atoms with Crippen molar-refractivity contribution in [3.8, 4) is 11.4 Å². The molecule has 3 heterocycles. The molecular weight excluding hydrogens is 470 g/mol. The number of urea groups is 1. The van der Waals surface area contributed by atoms with Crippen LogP contribution in [0.2, 0.25) is 0 Å². The molecule has 2 aromatic carbocycles. The average molecular weight is 502 g/mol. The molecular formula is C28H31N5O4. The van der Waals surface area contributed by atoms with Crippen LogP contribution in [0.1, 0.15) is 31.4 Å². The molecule has 1 atom stereocenters. The molecule has 0 aliphatic carbocycles. The molecule has 1 saturated heterocycles. The van der Waals surface area contributed by atoms with E-state index in [0.717, 1.165) is 17.0 Å². The lowest BCUT2D eigenvalue weighted by Gasteiger charge is -2.38. The Hall–Kier alpha value is -4.11. The molecule has 37 heavy (non-hydrogen) atoms. The molecule has 1 aliphatic heterocycles. The van der Waals surface area contributed by atoms with Crippen LogP contribution in [0.5, 0.6) is 5.75 Å². The van der Waals surface area contributed by atoms with Crippen molar-refractivity contribution in [2.45, 2.75) is 38.0 Å². The number of carbonyl (C=O) groups is 1. The molecule has 5 rings (SSSR count). The second-order valence-electron chi connectivity index (χ2n) is 9.59. The molecule has 0 bridgehead atoms. The molecule has 9 heteroatoms. The van der Waals surface area contributed by atoms with E-state index in [1.807, 2.05) is 72.3 Å². The van der Waals surface area contributed by atoms with Crippen LogP contribution in [-0.2, 0) is 6.54 Å². The molecule has 1 fully saturated rings. The number of amides is 2. The monoisotopic (exact) mass is 501 g/mol. The first-order valence-electron chi connectivity index (χ1n) is 12.4. The van der Waals surface area contributed by atoms with E-state index < -0.39 is 5.60 Å². The SMILES string of the molecule is COc1ccc(-n2ccc3c(=O)n(CC4(O)CCN(C(=O)N[C@H](C)c5ccccc5)CC4)cnc32)cc1. The summed E-state index contributed by atoms with van der Waals surface area (Å²) in [4.78, 5) is 32.2. The molecule has 0 spiro atoms. The summed E-state index contributed by atoms with van der Waals surface area (Å²) in [7, 11) is 1.61. The molecule has 0 unspecified atom stereocenters. The second-order valence-corrected chi connectivity index (χ2v) is 9.59. The maximum Gasteiger partial charge on any atom is 0.317 e. The van der Waals surface area contributed by atoms with E-state index in [0.29, 0.717) is 37.0 Å². The fourth-order valence-corrected chi connectivity index (χ4v) is 4.82. The molecule has 4 aromatic rings. The normalized spacial score (nSPS) is 15.9. The Morgan fingerprint density at radius 1 is 1.11 bits per heavy atom. The van der Waals surface area contributed by atoms with Crippen molar-refractivity contribution < 1.29 is 14.6 Å². The zero-order chi connectivity index (χ0) is 26.0. The lowest BCUT2D eigenvalue weighted by molar-refractivity contribution is -0.0266. The van der Waals surface area contributed by atoms with Crippen LogP contribution in [0.25, 0.3) is 16.7 Å². The van der Waals surface area contributed by atoms with Crippen LogP contribution in [0.4, 0.5) is 4.79 Å². The number of rotatable bonds is 6. The van der Waals surface area contributed by atoms with Crippen molar-refractivity contribution >= 4 is 17.1 Å². The zero-order valence-corrected chi connectivity index (χ0v) is 21.0. The number of hydrogen-bond acceptors (Lipinski definition) is 5. The van der Waals surface area contributed by atoms with E-state index in [4.69, 9.17) is 4.74 Å². The number of nitrogens with one attached hydrogen (secondary N) is 1. The average Bonchev–Trinajstić information content (AvgIpc) is 3.36. The first kappa shape index (κ1) is 24.6. The number of methoxy groups -OCH3 is 1. The van der Waals surface area contributed by atoms with Gasteiger partial charge in [-0.1, -0.05) is 30.3 Å². The standard InChI is InChI=1S/C28H31N5O4/c1-20(21-6-4-3-5-7-21)30-27(35)31-16-13-28(36,14-17-31)18-32-19-29-25-24(26(32)34)12-15-33(25)22-8-10-23(37-2)11-9-22/h3-12,15,19-20,36H,13-14,16-18H2,1-2H3,(H,30,35)/t20-/m1/s1. The third kappa shape index (κ3) is 5.08. The highest BCUT2D eigenvalue weighted by atomic mass is 16.5. The van der Waals surface area contributed by atoms with Gasteiger partial charge in [0.2, 0.25) is 0 Å². The van der Waals surface area contributed by atoms with Gasteiger partial charge in [-0.2, -0.15) is 0 Å². The number of benzene rings is 2. The van der Waals surface area contributed by atoms with Crippen LogP contribution in [-0.4, -0.2) is 56.0 Å². The van der Waals surface area contributed by atoms with E-state index in [9.17, 15) is 14.7 Å². The number of aromatic nitrogens is 3. The van der Waals surface area contributed by atoms with E-state index in [1.165, 1.54) is 10.9 Å². The Morgan fingerprint density at radius 2 is 1.81 bits per heavy atom. The topological polar surface area (TPSA) is 102 Å². The van der Waals surface area contributed by atoms with Crippen molar-refractivity contribution in [2.75, 3.05) is 20.2 Å². The molecule has 192 valence electrons. The number of ether oxygens (including phenoxy) is 1. The Kier molecular flexibility index (Phi) is 6.71. The smallest absolute Gasteiger partial charge is 0.317 e. The van der Waals surface area contributed by atoms with E-state index >= 15 is 0 Å². The minimum Gasteiger partial charge on any atom is -0.497 e. The van der Waals surface area contributed by atoms with Gasteiger partial charge < -0.3 is 24.6 Å². The van der Waals surface area contributed by atoms with Gasteiger partial charge in [0.1, 0.15) is 12.1 Å². The number of aliphatic hydroxyl groups is 1. The molecule has 2 amide bonds. The minimum absolute atomic E-state index is 0.115. The van der Waals surface area contributed by atoms with Gasteiger partial charge in [0.05, 0.1) is 30.7 Å². The van der Waals surface area contributed by atoms with Crippen LogP contribution in [0, 0.1) is 0 Å². The molecule has 0 saturated carbocycles. The molecule has 2 aromatic heterocycles. The third-order valence-electron chi connectivity index (χ3n) is 7.11. The molecule has 1 aliphatic rings. The van der Waals surface area contributed by atoms with Gasteiger partial charge in [0, 0.05) is 25.0 Å².